The minimum Gasteiger partial charge on any atom is -0.488 e. The largest absolute Gasteiger partial charge is 0.488 e. The van der Waals surface area contributed by atoms with Gasteiger partial charge in [-0.05, 0) is 18.6 Å². The highest BCUT2D eigenvalue weighted by molar-refractivity contribution is 8.01. The minimum atomic E-state index is 0.243. The van der Waals surface area contributed by atoms with Crippen LogP contribution in [0, 0.1) is 0 Å². The van der Waals surface area contributed by atoms with Gasteiger partial charge in [0.25, 0.3) is 0 Å². The van der Waals surface area contributed by atoms with Gasteiger partial charge in [-0.2, -0.15) is 0 Å². The number of hydrogen-bond acceptors (Lipinski definition) is 4. The number of thioether (sulfide) groups is 1. The Morgan fingerprint density at radius 1 is 1.60 bits per heavy atom. The lowest BCUT2D eigenvalue weighted by Gasteiger charge is -2.47. The molecule has 1 atom stereocenters. The highest BCUT2D eigenvalue weighted by Gasteiger charge is 2.51. The van der Waals surface area contributed by atoms with E-state index in [1.807, 2.05) is 28.8 Å². The van der Waals surface area contributed by atoms with Crippen LogP contribution >= 0.6 is 11.8 Å². The van der Waals surface area contributed by atoms with Crippen molar-refractivity contribution in [2.45, 2.75) is 37.0 Å². The fourth-order valence-corrected chi connectivity index (χ4v) is 4.43. The molecule has 0 N–H and O–H groups in total. The molecule has 108 valence electrons. The third-order valence-corrected chi connectivity index (χ3v) is 5.46. The second-order valence-electron chi connectivity index (χ2n) is 5.63. The van der Waals surface area contributed by atoms with E-state index in [0.717, 1.165) is 37.4 Å². The standard InChI is InChI=1S/C15H20N2O2S/c1-2-4-14(18)17-10-15(11-17)7-13(9-20-15)19-12-5-3-6-16-8-12/h3,5-6,8,13H,2,4,7,9-11H2,1H3/t13-/m1/s1. The van der Waals surface area contributed by atoms with Crippen molar-refractivity contribution in [2.24, 2.45) is 0 Å². The van der Waals surface area contributed by atoms with Crippen molar-refractivity contribution < 1.29 is 9.53 Å². The van der Waals surface area contributed by atoms with Gasteiger partial charge in [-0.15, -0.1) is 11.8 Å². The van der Waals surface area contributed by atoms with E-state index in [9.17, 15) is 4.79 Å². The molecule has 1 aromatic rings. The number of hydrogen-bond donors (Lipinski definition) is 0. The third kappa shape index (κ3) is 2.77. The SMILES string of the molecule is CCCC(=O)N1CC2(C[C@@H](Oc3cccnc3)CS2)C1. The number of likely N-dealkylation sites (tertiary alicyclic amines) is 1. The predicted molar refractivity (Wildman–Crippen MR) is 79.9 cm³/mol. The first-order valence-electron chi connectivity index (χ1n) is 7.19. The van der Waals surface area contributed by atoms with Crippen molar-refractivity contribution in [2.75, 3.05) is 18.8 Å². The molecular weight excluding hydrogens is 272 g/mol. The molecule has 4 nitrogen and oxygen atoms in total. The van der Waals surface area contributed by atoms with Gasteiger partial charge in [-0.3, -0.25) is 9.78 Å². The maximum Gasteiger partial charge on any atom is 0.222 e. The Morgan fingerprint density at radius 3 is 3.15 bits per heavy atom. The van der Waals surface area contributed by atoms with Gasteiger partial charge in [0.1, 0.15) is 11.9 Å². The first kappa shape index (κ1) is 13.7. The smallest absolute Gasteiger partial charge is 0.222 e. The molecule has 2 aliphatic rings. The molecular formula is C15H20N2O2S. The summed E-state index contributed by atoms with van der Waals surface area (Å²) in [6.45, 7) is 3.84. The average Bonchev–Trinajstić information content (AvgIpc) is 2.83. The fourth-order valence-electron chi connectivity index (χ4n) is 2.91. The molecule has 0 aromatic carbocycles. The van der Waals surface area contributed by atoms with Crippen molar-refractivity contribution >= 4 is 17.7 Å². The van der Waals surface area contributed by atoms with Crippen LogP contribution in [-0.2, 0) is 4.79 Å². The summed E-state index contributed by atoms with van der Waals surface area (Å²) < 4.78 is 6.21. The van der Waals surface area contributed by atoms with Crippen molar-refractivity contribution in [3.05, 3.63) is 24.5 Å². The maximum absolute atomic E-state index is 11.8. The normalized spacial score (nSPS) is 23.6. The molecule has 2 aliphatic heterocycles. The second-order valence-corrected chi connectivity index (χ2v) is 7.11. The molecule has 1 spiro atoms. The minimum absolute atomic E-state index is 0.243. The lowest BCUT2D eigenvalue weighted by atomic mass is 9.92. The van der Waals surface area contributed by atoms with E-state index in [0.29, 0.717) is 12.3 Å². The van der Waals surface area contributed by atoms with Gasteiger partial charge in [-0.1, -0.05) is 6.92 Å². The Kier molecular flexibility index (Phi) is 3.87. The van der Waals surface area contributed by atoms with E-state index in [2.05, 4.69) is 11.9 Å². The van der Waals surface area contributed by atoms with Crippen LogP contribution in [0.25, 0.3) is 0 Å². The van der Waals surface area contributed by atoms with Gasteiger partial charge in [0, 0.05) is 37.9 Å². The highest BCUT2D eigenvalue weighted by Crippen LogP contribution is 2.46. The Hall–Kier alpha value is -1.23. The summed E-state index contributed by atoms with van der Waals surface area (Å²) in [7, 11) is 0. The van der Waals surface area contributed by atoms with Crippen molar-refractivity contribution in [1.29, 1.82) is 0 Å². The summed E-state index contributed by atoms with van der Waals surface area (Å²) in [4.78, 5) is 17.9. The number of ether oxygens (including phenoxy) is 1. The van der Waals surface area contributed by atoms with Crippen molar-refractivity contribution in [1.82, 2.24) is 9.88 Å². The van der Waals surface area contributed by atoms with Crippen LogP contribution in [0.2, 0.25) is 0 Å². The summed E-state index contributed by atoms with van der Waals surface area (Å²) in [6, 6.07) is 3.84. The van der Waals surface area contributed by atoms with Crippen molar-refractivity contribution in [3.8, 4) is 5.75 Å². The molecule has 1 amide bonds. The van der Waals surface area contributed by atoms with Crippen LogP contribution in [0.4, 0.5) is 0 Å². The Bertz CT molecular complexity index is 474. The van der Waals surface area contributed by atoms with Crippen LogP contribution in [0.15, 0.2) is 24.5 Å². The van der Waals surface area contributed by atoms with E-state index >= 15 is 0 Å². The van der Waals surface area contributed by atoms with E-state index in [1.54, 1.807) is 12.4 Å². The zero-order valence-corrected chi connectivity index (χ0v) is 12.6. The predicted octanol–water partition coefficient (Wildman–Crippen LogP) is 2.35. The fraction of sp³-hybridized carbons (Fsp3) is 0.600. The van der Waals surface area contributed by atoms with Gasteiger partial charge in [0.2, 0.25) is 5.91 Å². The number of aromatic nitrogens is 1. The second kappa shape index (κ2) is 5.64. The molecule has 20 heavy (non-hydrogen) atoms. The number of pyridine rings is 1. The molecule has 0 radical (unpaired) electrons. The van der Waals surface area contributed by atoms with E-state index < -0.39 is 0 Å². The number of carbonyl (C=O) groups is 1. The zero-order chi connectivity index (χ0) is 14.0. The quantitative estimate of drug-likeness (QED) is 0.854. The first-order valence-corrected chi connectivity index (χ1v) is 8.18. The van der Waals surface area contributed by atoms with E-state index in [-0.39, 0.29) is 10.9 Å². The summed E-state index contributed by atoms with van der Waals surface area (Å²) in [5.41, 5.74) is 0. The van der Waals surface area contributed by atoms with Gasteiger partial charge in [0.15, 0.2) is 0 Å². The zero-order valence-electron chi connectivity index (χ0n) is 11.7. The molecule has 2 fully saturated rings. The average molecular weight is 292 g/mol. The monoisotopic (exact) mass is 292 g/mol. The number of nitrogens with zero attached hydrogens (tertiary/aromatic N) is 2. The topological polar surface area (TPSA) is 42.4 Å². The molecule has 0 aliphatic carbocycles. The van der Waals surface area contributed by atoms with Gasteiger partial charge < -0.3 is 9.64 Å². The Morgan fingerprint density at radius 2 is 2.45 bits per heavy atom. The molecule has 0 bridgehead atoms. The van der Waals surface area contributed by atoms with Crippen LogP contribution in [0.1, 0.15) is 26.2 Å². The summed E-state index contributed by atoms with van der Waals surface area (Å²) in [5.74, 6) is 2.15. The lowest BCUT2D eigenvalue weighted by Crippen LogP contribution is -2.60. The van der Waals surface area contributed by atoms with E-state index in [1.165, 1.54) is 0 Å². The molecule has 2 saturated heterocycles. The molecule has 3 rings (SSSR count). The molecule has 5 heteroatoms. The van der Waals surface area contributed by atoms with E-state index in [4.69, 9.17) is 4.74 Å². The molecule has 1 aromatic heterocycles. The van der Waals surface area contributed by atoms with Crippen LogP contribution in [-0.4, -0.2) is 45.5 Å². The highest BCUT2D eigenvalue weighted by atomic mass is 32.2. The van der Waals surface area contributed by atoms with Crippen LogP contribution in [0.5, 0.6) is 5.75 Å². The number of amides is 1. The first-order chi connectivity index (χ1) is 9.71. The summed E-state index contributed by atoms with van der Waals surface area (Å²) in [5, 5.41) is 0. The van der Waals surface area contributed by atoms with Gasteiger partial charge in [0.05, 0.1) is 10.9 Å². The maximum atomic E-state index is 11.8. The lowest BCUT2D eigenvalue weighted by molar-refractivity contribution is -0.136. The molecule has 0 saturated carbocycles. The van der Waals surface area contributed by atoms with Gasteiger partial charge in [-0.25, -0.2) is 0 Å². The summed E-state index contributed by atoms with van der Waals surface area (Å²) in [6.07, 6.45) is 6.39. The van der Waals surface area contributed by atoms with Crippen LogP contribution in [0.3, 0.4) is 0 Å². The third-order valence-electron chi connectivity index (χ3n) is 3.89. The number of rotatable bonds is 4. The van der Waals surface area contributed by atoms with Gasteiger partial charge >= 0.3 is 0 Å². The summed E-state index contributed by atoms with van der Waals surface area (Å²) >= 11 is 1.96. The molecule has 3 heterocycles. The number of carbonyl (C=O) groups excluding carboxylic acids is 1. The molecule has 0 unspecified atom stereocenters. The van der Waals surface area contributed by atoms with Crippen LogP contribution < -0.4 is 4.74 Å². The Balaban J connectivity index is 1.50. The van der Waals surface area contributed by atoms with Crippen molar-refractivity contribution in [3.63, 3.8) is 0 Å². The Labute approximate surface area is 123 Å².